The van der Waals surface area contributed by atoms with E-state index in [-0.39, 0.29) is 0 Å². The van der Waals surface area contributed by atoms with E-state index in [4.69, 9.17) is 9.40 Å². The van der Waals surface area contributed by atoms with Crippen LogP contribution in [0.4, 0.5) is 0 Å². The summed E-state index contributed by atoms with van der Waals surface area (Å²) < 4.78 is 8.49. The molecule has 0 aliphatic heterocycles. The van der Waals surface area contributed by atoms with Crippen LogP contribution in [-0.4, -0.2) is 14.5 Å². The Labute approximate surface area is 228 Å². The van der Waals surface area contributed by atoms with Gasteiger partial charge in [-0.2, -0.15) is 0 Å². The van der Waals surface area contributed by atoms with Gasteiger partial charge in [0.1, 0.15) is 5.52 Å². The maximum Gasteiger partial charge on any atom is 0.227 e. The molecule has 4 nitrogen and oxygen atoms in total. The highest BCUT2D eigenvalue weighted by molar-refractivity contribution is 7.13. The zero-order chi connectivity index (χ0) is 25.8. The zero-order valence-corrected chi connectivity index (χ0v) is 21.6. The minimum Gasteiger partial charge on any atom is -0.436 e. The second kappa shape index (κ2) is 8.79. The summed E-state index contributed by atoms with van der Waals surface area (Å²) in [5, 5.41) is 4.52. The van der Waals surface area contributed by atoms with E-state index in [2.05, 4.69) is 87.7 Å². The fourth-order valence-electron chi connectivity index (χ4n) is 5.36. The molecule has 8 rings (SSSR count). The van der Waals surface area contributed by atoms with Gasteiger partial charge in [0, 0.05) is 38.7 Å². The van der Waals surface area contributed by atoms with Crippen LogP contribution >= 0.6 is 11.3 Å². The van der Waals surface area contributed by atoms with E-state index in [1.807, 2.05) is 48.7 Å². The number of aromatic nitrogens is 3. The van der Waals surface area contributed by atoms with Crippen LogP contribution in [0.3, 0.4) is 0 Å². The molecule has 0 saturated heterocycles. The van der Waals surface area contributed by atoms with E-state index in [0.717, 1.165) is 44.6 Å². The summed E-state index contributed by atoms with van der Waals surface area (Å²) in [5.41, 5.74) is 9.17. The first-order valence-electron chi connectivity index (χ1n) is 12.8. The molecule has 0 saturated carbocycles. The van der Waals surface area contributed by atoms with Gasteiger partial charge in [-0.15, -0.1) is 11.3 Å². The van der Waals surface area contributed by atoms with E-state index in [1.54, 1.807) is 11.3 Å². The Morgan fingerprint density at radius 1 is 0.641 bits per heavy atom. The monoisotopic (exact) mass is 519 g/mol. The summed E-state index contributed by atoms with van der Waals surface area (Å²) in [7, 11) is 0. The lowest BCUT2D eigenvalue weighted by Gasteiger charge is -2.11. The van der Waals surface area contributed by atoms with E-state index >= 15 is 0 Å². The molecule has 0 bridgehead atoms. The fraction of sp³-hybridized carbons (Fsp3) is 0. The summed E-state index contributed by atoms with van der Waals surface area (Å²) in [4.78, 5) is 10.6. The van der Waals surface area contributed by atoms with Crippen LogP contribution in [0.25, 0.3) is 71.7 Å². The summed E-state index contributed by atoms with van der Waals surface area (Å²) in [6, 6.07) is 40.0. The van der Waals surface area contributed by atoms with Crippen molar-refractivity contribution in [2.45, 2.75) is 0 Å². The van der Waals surface area contributed by atoms with Gasteiger partial charge in [-0.1, -0.05) is 54.6 Å². The first kappa shape index (κ1) is 22.0. The van der Waals surface area contributed by atoms with Crippen molar-refractivity contribution in [3.05, 3.63) is 127 Å². The molecule has 4 aromatic heterocycles. The first-order chi connectivity index (χ1) is 19.3. The molecular weight excluding hydrogens is 498 g/mol. The Hall–Kier alpha value is -5.00. The lowest BCUT2D eigenvalue weighted by molar-refractivity contribution is 0.620. The molecule has 0 aliphatic rings. The van der Waals surface area contributed by atoms with Gasteiger partial charge in [-0.25, -0.2) is 4.98 Å². The van der Waals surface area contributed by atoms with Crippen molar-refractivity contribution in [2.24, 2.45) is 0 Å². The lowest BCUT2D eigenvalue weighted by Crippen LogP contribution is -1.95. The van der Waals surface area contributed by atoms with Crippen molar-refractivity contribution in [2.75, 3.05) is 0 Å². The first-order valence-corrected chi connectivity index (χ1v) is 13.7. The average molecular weight is 520 g/mol. The largest absolute Gasteiger partial charge is 0.436 e. The van der Waals surface area contributed by atoms with E-state index in [1.165, 1.54) is 21.2 Å². The third kappa shape index (κ3) is 3.67. The van der Waals surface area contributed by atoms with Gasteiger partial charge in [0.15, 0.2) is 5.58 Å². The highest BCUT2D eigenvalue weighted by atomic mass is 32.1. The van der Waals surface area contributed by atoms with Crippen LogP contribution in [0.5, 0.6) is 0 Å². The third-order valence-electron chi connectivity index (χ3n) is 7.18. The molecular formula is C34H21N3OS. The molecule has 0 atom stereocenters. The maximum absolute atomic E-state index is 6.14. The SMILES string of the molecule is c1ccc(-c2cccc(-n3c4cc(-c5nc6ccccc6o5)ccc4c4ccc(-c5cccs5)cc43)c2)nc1. The van der Waals surface area contributed by atoms with Gasteiger partial charge in [-0.3, -0.25) is 4.98 Å². The van der Waals surface area contributed by atoms with Crippen LogP contribution in [0.1, 0.15) is 0 Å². The number of hydrogen-bond donors (Lipinski definition) is 0. The minimum atomic E-state index is 0.622. The number of hydrogen-bond acceptors (Lipinski definition) is 4. The highest BCUT2D eigenvalue weighted by Gasteiger charge is 2.17. The average Bonchev–Trinajstić information content (AvgIpc) is 3.75. The molecule has 0 fully saturated rings. The number of benzene rings is 4. The standard InChI is InChI=1S/C34H21N3OS/c1-2-11-32-29(10-1)36-34(38-32)24-14-16-27-26-15-13-23(33-12-6-18-39-33)20-30(26)37(31(27)21-24)25-8-5-7-22(19-25)28-9-3-4-17-35-28/h1-21H. The Bertz CT molecular complexity index is 2090. The van der Waals surface area contributed by atoms with Crippen molar-refractivity contribution in [3.8, 4) is 38.8 Å². The summed E-state index contributed by atoms with van der Waals surface area (Å²) >= 11 is 1.76. The van der Waals surface area contributed by atoms with Crippen molar-refractivity contribution >= 4 is 44.2 Å². The predicted molar refractivity (Wildman–Crippen MR) is 160 cm³/mol. The van der Waals surface area contributed by atoms with Crippen LogP contribution in [0.15, 0.2) is 131 Å². The Morgan fingerprint density at radius 3 is 2.26 bits per heavy atom. The predicted octanol–water partition coefficient (Wildman–Crippen LogP) is 9.38. The van der Waals surface area contributed by atoms with Crippen LogP contribution < -0.4 is 0 Å². The Morgan fingerprint density at radius 2 is 1.46 bits per heavy atom. The quantitative estimate of drug-likeness (QED) is 0.233. The van der Waals surface area contributed by atoms with Gasteiger partial charge < -0.3 is 8.98 Å². The van der Waals surface area contributed by atoms with Crippen molar-refractivity contribution < 1.29 is 4.42 Å². The topological polar surface area (TPSA) is 43.9 Å². The van der Waals surface area contributed by atoms with Crippen molar-refractivity contribution in [3.63, 3.8) is 0 Å². The Balaban J connectivity index is 1.40. The molecule has 0 N–H and O–H groups in total. The lowest BCUT2D eigenvalue weighted by atomic mass is 10.1. The number of thiophene rings is 1. The van der Waals surface area contributed by atoms with Crippen LogP contribution in [0, 0.1) is 0 Å². The summed E-state index contributed by atoms with van der Waals surface area (Å²) in [6.07, 6.45) is 1.84. The Kier molecular flexibility index (Phi) is 4.96. The molecule has 0 amide bonds. The van der Waals surface area contributed by atoms with Gasteiger partial charge in [0.25, 0.3) is 0 Å². The number of oxazole rings is 1. The molecule has 5 heteroatoms. The summed E-state index contributed by atoms with van der Waals surface area (Å²) in [5.74, 6) is 0.622. The number of nitrogens with zero attached hydrogens (tertiary/aromatic N) is 3. The van der Waals surface area contributed by atoms with Crippen LogP contribution in [0.2, 0.25) is 0 Å². The third-order valence-corrected chi connectivity index (χ3v) is 8.10. The van der Waals surface area contributed by atoms with Gasteiger partial charge in [0.2, 0.25) is 5.89 Å². The highest BCUT2D eigenvalue weighted by Crippen LogP contribution is 2.38. The molecule has 184 valence electrons. The molecule has 0 spiro atoms. The molecule has 0 aliphatic carbocycles. The normalized spacial score (nSPS) is 11.6. The minimum absolute atomic E-state index is 0.622. The molecule has 0 unspecified atom stereocenters. The molecule has 0 radical (unpaired) electrons. The van der Waals surface area contributed by atoms with E-state index in [9.17, 15) is 0 Å². The molecule has 4 aromatic carbocycles. The number of fused-ring (bicyclic) bond motifs is 4. The van der Waals surface area contributed by atoms with E-state index < -0.39 is 0 Å². The second-order valence-corrected chi connectivity index (χ2v) is 10.5. The number of pyridine rings is 1. The number of rotatable bonds is 4. The van der Waals surface area contributed by atoms with Gasteiger partial charge >= 0.3 is 0 Å². The van der Waals surface area contributed by atoms with Crippen molar-refractivity contribution in [1.82, 2.24) is 14.5 Å². The smallest absolute Gasteiger partial charge is 0.227 e. The second-order valence-electron chi connectivity index (χ2n) is 9.53. The van der Waals surface area contributed by atoms with Crippen molar-refractivity contribution in [1.29, 1.82) is 0 Å². The fourth-order valence-corrected chi connectivity index (χ4v) is 6.08. The van der Waals surface area contributed by atoms with Gasteiger partial charge in [-0.05, 0) is 71.6 Å². The van der Waals surface area contributed by atoms with E-state index in [0.29, 0.717) is 5.89 Å². The maximum atomic E-state index is 6.14. The zero-order valence-electron chi connectivity index (χ0n) is 20.8. The molecule has 39 heavy (non-hydrogen) atoms. The summed E-state index contributed by atoms with van der Waals surface area (Å²) in [6.45, 7) is 0. The molecule has 4 heterocycles. The van der Waals surface area contributed by atoms with Gasteiger partial charge in [0.05, 0.1) is 16.7 Å². The van der Waals surface area contributed by atoms with Crippen LogP contribution in [-0.2, 0) is 0 Å². The molecule has 8 aromatic rings. The number of para-hydroxylation sites is 2.